The molecule has 126 valence electrons. The van der Waals surface area contributed by atoms with Crippen LogP contribution in [0.4, 0.5) is 16.2 Å². The van der Waals surface area contributed by atoms with Crippen LogP contribution in [0, 0.1) is 0 Å². The van der Waals surface area contributed by atoms with Gasteiger partial charge < -0.3 is 15.1 Å². The molecule has 3 amide bonds. The van der Waals surface area contributed by atoms with Crippen molar-refractivity contribution in [3.63, 3.8) is 0 Å². The number of carbonyl (C=O) groups excluding carboxylic acids is 2. The maximum atomic E-state index is 12.3. The minimum absolute atomic E-state index is 0.112. The van der Waals surface area contributed by atoms with E-state index >= 15 is 0 Å². The van der Waals surface area contributed by atoms with E-state index in [4.69, 9.17) is 4.42 Å². The van der Waals surface area contributed by atoms with Crippen molar-refractivity contribution in [3.8, 4) is 11.5 Å². The number of benzene rings is 1. The number of H-pyrrole nitrogens is 1. The van der Waals surface area contributed by atoms with Crippen molar-refractivity contribution in [3.05, 3.63) is 54.4 Å². The van der Waals surface area contributed by atoms with E-state index < -0.39 is 0 Å². The van der Waals surface area contributed by atoms with Crippen molar-refractivity contribution >= 4 is 23.3 Å². The number of anilines is 2. The van der Waals surface area contributed by atoms with Crippen LogP contribution in [0.1, 0.15) is 10.5 Å². The number of nitrogens with zero attached hydrogens (tertiary/aromatic N) is 2. The average molecular weight is 337 g/mol. The predicted octanol–water partition coefficient (Wildman–Crippen LogP) is 2.45. The highest BCUT2D eigenvalue weighted by Crippen LogP contribution is 2.21. The lowest BCUT2D eigenvalue weighted by Crippen LogP contribution is -2.27. The molecule has 2 aromatic heterocycles. The maximum Gasteiger partial charge on any atom is 0.321 e. The van der Waals surface area contributed by atoms with Gasteiger partial charge in [0.1, 0.15) is 5.69 Å². The first-order valence-corrected chi connectivity index (χ1v) is 7.77. The van der Waals surface area contributed by atoms with Gasteiger partial charge in [-0.2, -0.15) is 5.10 Å². The Morgan fingerprint density at radius 3 is 2.76 bits per heavy atom. The van der Waals surface area contributed by atoms with E-state index in [-0.39, 0.29) is 17.6 Å². The molecule has 0 saturated carbocycles. The molecule has 4 rings (SSSR count). The largest absolute Gasteiger partial charge is 0.463 e. The van der Waals surface area contributed by atoms with Crippen molar-refractivity contribution in [2.45, 2.75) is 0 Å². The lowest BCUT2D eigenvalue weighted by Gasteiger charge is -2.14. The van der Waals surface area contributed by atoms with E-state index in [0.717, 1.165) is 5.69 Å². The third kappa shape index (κ3) is 2.97. The molecule has 1 aliphatic heterocycles. The monoisotopic (exact) mass is 337 g/mol. The van der Waals surface area contributed by atoms with Crippen LogP contribution in [0.3, 0.4) is 0 Å². The minimum atomic E-state index is -0.333. The summed E-state index contributed by atoms with van der Waals surface area (Å²) in [7, 11) is 0. The third-order valence-corrected chi connectivity index (χ3v) is 3.89. The molecule has 1 saturated heterocycles. The number of nitrogens with one attached hydrogen (secondary N) is 3. The number of aromatic nitrogens is 2. The van der Waals surface area contributed by atoms with Crippen molar-refractivity contribution in [1.82, 2.24) is 15.5 Å². The molecule has 3 N–H and O–H groups in total. The highest BCUT2D eigenvalue weighted by molar-refractivity contribution is 6.03. The molecule has 0 aliphatic carbocycles. The highest BCUT2D eigenvalue weighted by atomic mass is 16.3. The Hall–Kier alpha value is -3.55. The lowest BCUT2D eigenvalue weighted by atomic mass is 10.2. The molecular formula is C17H15N5O3. The molecule has 3 heterocycles. The first-order valence-electron chi connectivity index (χ1n) is 7.77. The smallest absolute Gasteiger partial charge is 0.321 e. The van der Waals surface area contributed by atoms with Crippen LogP contribution in [0.15, 0.2) is 53.1 Å². The Labute approximate surface area is 142 Å². The van der Waals surface area contributed by atoms with Crippen LogP contribution >= 0.6 is 0 Å². The Bertz CT molecular complexity index is 899. The van der Waals surface area contributed by atoms with Crippen LogP contribution in [0.2, 0.25) is 0 Å². The maximum absolute atomic E-state index is 12.3. The Kier molecular flexibility index (Phi) is 3.70. The number of urea groups is 1. The fourth-order valence-corrected chi connectivity index (χ4v) is 2.63. The summed E-state index contributed by atoms with van der Waals surface area (Å²) in [6.45, 7) is 1.27. The van der Waals surface area contributed by atoms with Gasteiger partial charge >= 0.3 is 6.03 Å². The molecule has 1 aliphatic rings. The molecule has 1 fully saturated rings. The fourth-order valence-electron chi connectivity index (χ4n) is 2.63. The van der Waals surface area contributed by atoms with Gasteiger partial charge in [-0.25, -0.2) is 4.79 Å². The SMILES string of the molecule is O=C(Nc1ccc(N2CCNC2=O)cc1)c1cc(-c2ccco2)[nH]n1. The average Bonchev–Trinajstić information content (AvgIpc) is 3.36. The molecule has 8 heteroatoms. The number of amides is 3. The van der Waals surface area contributed by atoms with Gasteiger partial charge in [0.05, 0.1) is 6.26 Å². The highest BCUT2D eigenvalue weighted by Gasteiger charge is 2.21. The fraction of sp³-hybridized carbons (Fsp3) is 0.118. The van der Waals surface area contributed by atoms with E-state index in [1.54, 1.807) is 53.6 Å². The van der Waals surface area contributed by atoms with E-state index in [0.29, 0.717) is 30.2 Å². The van der Waals surface area contributed by atoms with Crippen molar-refractivity contribution in [2.24, 2.45) is 0 Å². The van der Waals surface area contributed by atoms with Gasteiger partial charge in [-0.3, -0.25) is 14.8 Å². The summed E-state index contributed by atoms with van der Waals surface area (Å²) in [6.07, 6.45) is 1.55. The van der Waals surface area contributed by atoms with E-state index in [1.807, 2.05) is 0 Å². The van der Waals surface area contributed by atoms with Gasteiger partial charge in [0.15, 0.2) is 11.5 Å². The summed E-state index contributed by atoms with van der Waals surface area (Å²) < 4.78 is 5.26. The number of hydrogen-bond acceptors (Lipinski definition) is 4. The van der Waals surface area contributed by atoms with Crippen LogP contribution in [0.5, 0.6) is 0 Å². The Morgan fingerprint density at radius 2 is 2.08 bits per heavy atom. The van der Waals surface area contributed by atoms with Crippen molar-refractivity contribution in [1.29, 1.82) is 0 Å². The second-order valence-electron chi connectivity index (χ2n) is 5.53. The van der Waals surface area contributed by atoms with E-state index in [2.05, 4.69) is 20.8 Å². The number of aromatic amines is 1. The molecule has 0 bridgehead atoms. The molecule has 0 spiro atoms. The predicted molar refractivity (Wildman–Crippen MR) is 91.4 cm³/mol. The number of carbonyl (C=O) groups is 2. The number of furan rings is 1. The van der Waals surface area contributed by atoms with Crippen LogP contribution in [-0.4, -0.2) is 35.2 Å². The van der Waals surface area contributed by atoms with Crippen LogP contribution < -0.4 is 15.5 Å². The summed E-state index contributed by atoms with van der Waals surface area (Å²) in [5, 5.41) is 12.3. The second kappa shape index (κ2) is 6.16. The van der Waals surface area contributed by atoms with Crippen LogP contribution in [0.25, 0.3) is 11.5 Å². The Balaban J connectivity index is 1.45. The number of hydrogen-bond donors (Lipinski definition) is 3. The van der Waals surface area contributed by atoms with E-state index in [1.165, 1.54) is 0 Å². The van der Waals surface area contributed by atoms with Crippen LogP contribution in [-0.2, 0) is 0 Å². The minimum Gasteiger partial charge on any atom is -0.463 e. The zero-order valence-corrected chi connectivity index (χ0v) is 13.2. The summed E-state index contributed by atoms with van der Waals surface area (Å²) >= 11 is 0. The van der Waals surface area contributed by atoms with Gasteiger partial charge in [0.2, 0.25) is 0 Å². The standard InChI is InChI=1S/C17H15N5O3/c23-16(14-10-13(20-21-14)15-2-1-9-25-15)19-11-3-5-12(6-4-11)22-8-7-18-17(22)24/h1-6,9-10H,7-8H2,(H,18,24)(H,19,23)(H,20,21). The summed E-state index contributed by atoms with van der Waals surface area (Å²) in [4.78, 5) is 25.6. The molecule has 25 heavy (non-hydrogen) atoms. The van der Waals surface area contributed by atoms with Gasteiger partial charge in [-0.1, -0.05) is 0 Å². The molecule has 3 aromatic rings. The first-order chi connectivity index (χ1) is 12.2. The molecular weight excluding hydrogens is 322 g/mol. The molecule has 1 aromatic carbocycles. The zero-order chi connectivity index (χ0) is 17.2. The first kappa shape index (κ1) is 15.0. The molecule has 0 atom stereocenters. The third-order valence-electron chi connectivity index (χ3n) is 3.89. The quantitative estimate of drug-likeness (QED) is 0.680. The lowest BCUT2D eigenvalue weighted by molar-refractivity contribution is 0.102. The van der Waals surface area contributed by atoms with Gasteiger partial charge in [-0.05, 0) is 36.4 Å². The van der Waals surface area contributed by atoms with Gasteiger partial charge in [0.25, 0.3) is 5.91 Å². The summed E-state index contributed by atoms with van der Waals surface area (Å²) in [5.41, 5.74) is 2.30. The van der Waals surface area contributed by atoms with Gasteiger partial charge in [0, 0.05) is 30.5 Å². The zero-order valence-electron chi connectivity index (χ0n) is 13.2. The van der Waals surface area contributed by atoms with E-state index in [9.17, 15) is 9.59 Å². The molecule has 0 unspecified atom stereocenters. The molecule has 8 nitrogen and oxygen atoms in total. The normalized spacial score (nSPS) is 13.8. The summed E-state index contributed by atoms with van der Waals surface area (Å²) in [5.74, 6) is 0.278. The number of rotatable bonds is 4. The topological polar surface area (TPSA) is 103 Å². The molecule has 0 radical (unpaired) electrons. The van der Waals surface area contributed by atoms with Crippen molar-refractivity contribution in [2.75, 3.05) is 23.3 Å². The summed E-state index contributed by atoms with van der Waals surface area (Å²) in [6, 6.07) is 12.1. The second-order valence-corrected chi connectivity index (χ2v) is 5.53. The van der Waals surface area contributed by atoms with Gasteiger partial charge in [-0.15, -0.1) is 0 Å². The van der Waals surface area contributed by atoms with Crippen molar-refractivity contribution < 1.29 is 14.0 Å². The Morgan fingerprint density at radius 1 is 1.24 bits per heavy atom.